The number of alkyl halides is 3. The summed E-state index contributed by atoms with van der Waals surface area (Å²) < 4.78 is 55.4. The normalized spacial score (nSPS) is 11.0. The van der Waals surface area contributed by atoms with Gasteiger partial charge in [-0.05, 0) is 18.2 Å². The number of benzene rings is 1. The minimum absolute atomic E-state index is 0.0808. The first kappa shape index (κ1) is 20.8. The molecule has 3 aromatic rings. The summed E-state index contributed by atoms with van der Waals surface area (Å²) in [4.78, 5) is 16.0. The fourth-order valence-electron chi connectivity index (χ4n) is 2.39. The van der Waals surface area contributed by atoms with Gasteiger partial charge in [-0.25, -0.2) is 0 Å². The number of rotatable bonds is 6. The van der Waals surface area contributed by atoms with Crippen molar-refractivity contribution in [3.8, 4) is 23.0 Å². The van der Waals surface area contributed by atoms with Crippen molar-refractivity contribution in [1.82, 2.24) is 15.2 Å². The number of nitrogens with one attached hydrogen (secondary N) is 1. The summed E-state index contributed by atoms with van der Waals surface area (Å²) in [7, 11) is 2.81. The van der Waals surface area contributed by atoms with Crippen molar-refractivity contribution < 1.29 is 32.2 Å². The monoisotopic (exact) mass is 420 g/mol. The molecule has 0 spiro atoms. The Morgan fingerprint density at radius 1 is 0.967 bits per heavy atom. The summed E-state index contributed by atoms with van der Waals surface area (Å²) in [6, 6.07) is 6.58. The highest BCUT2D eigenvalue weighted by molar-refractivity contribution is 6.06. The molecular formula is C19H15F3N4O4. The summed E-state index contributed by atoms with van der Waals surface area (Å²) in [6.45, 7) is 0. The molecule has 11 heteroatoms. The van der Waals surface area contributed by atoms with Gasteiger partial charge in [-0.2, -0.15) is 23.4 Å². The molecule has 0 unspecified atom stereocenters. The Labute approximate surface area is 168 Å². The SMILES string of the molecule is COc1ccc(Oc2cc(C(F)(F)F)ncc2C(=O)Nc2ccnnc2)c(OC)c1. The Morgan fingerprint density at radius 2 is 1.77 bits per heavy atom. The van der Waals surface area contributed by atoms with E-state index in [1.165, 1.54) is 50.9 Å². The van der Waals surface area contributed by atoms with Gasteiger partial charge in [0.2, 0.25) is 0 Å². The molecule has 1 aromatic carbocycles. The Balaban J connectivity index is 2.01. The van der Waals surface area contributed by atoms with Crippen LogP contribution in [0.2, 0.25) is 0 Å². The van der Waals surface area contributed by atoms with E-state index in [0.29, 0.717) is 17.5 Å². The third-order valence-electron chi connectivity index (χ3n) is 3.83. The van der Waals surface area contributed by atoms with Gasteiger partial charge in [0, 0.05) is 18.3 Å². The second-order valence-corrected chi connectivity index (χ2v) is 5.77. The molecule has 1 amide bonds. The van der Waals surface area contributed by atoms with E-state index < -0.39 is 17.8 Å². The second-order valence-electron chi connectivity index (χ2n) is 5.77. The Bertz CT molecular complexity index is 1050. The third kappa shape index (κ3) is 4.74. The van der Waals surface area contributed by atoms with Crippen LogP contribution in [0.25, 0.3) is 0 Å². The smallest absolute Gasteiger partial charge is 0.433 e. The molecule has 0 aliphatic carbocycles. The molecule has 0 bridgehead atoms. The minimum Gasteiger partial charge on any atom is -0.497 e. The van der Waals surface area contributed by atoms with Crippen molar-refractivity contribution in [2.24, 2.45) is 0 Å². The van der Waals surface area contributed by atoms with Crippen LogP contribution >= 0.6 is 0 Å². The zero-order chi connectivity index (χ0) is 21.7. The van der Waals surface area contributed by atoms with Crippen molar-refractivity contribution >= 4 is 11.6 Å². The molecule has 0 atom stereocenters. The summed E-state index contributed by atoms with van der Waals surface area (Å²) in [6.07, 6.45) is -1.31. The molecule has 2 aromatic heterocycles. The van der Waals surface area contributed by atoms with Crippen LogP contribution in [0, 0.1) is 0 Å². The van der Waals surface area contributed by atoms with Gasteiger partial charge >= 0.3 is 6.18 Å². The van der Waals surface area contributed by atoms with Crippen molar-refractivity contribution in [2.75, 3.05) is 19.5 Å². The number of methoxy groups -OCH3 is 2. The number of anilines is 1. The van der Waals surface area contributed by atoms with E-state index in [-0.39, 0.29) is 22.8 Å². The molecule has 0 radical (unpaired) electrons. The second kappa shape index (κ2) is 8.64. The highest BCUT2D eigenvalue weighted by atomic mass is 19.4. The van der Waals surface area contributed by atoms with Crippen LogP contribution in [0.15, 0.2) is 48.9 Å². The standard InChI is InChI=1S/C19H15F3N4O4/c1-28-12-3-4-14(16(7-12)29-2)30-15-8-17(19(20,21)22)23-10-13(15)18(27)26-11-5-6-24-25-9-11/h3-10H,1-2H3,(H,24,26,27). The topological polar surface area (TPSA) is 95.5 Å². The number of carbonyl (C=O) groups is 1. The zero-order valence-corrected chi connectivity index (χ0v) is 15.7. The first-order chi connectivity index (χ1) is 14.3. The van der Waals surface area contributed by atoms with Crippen molar-refractivity contribution in [2.45, 2.75) is 6.18 Å². The molecule has 30 heavy (non-hydrogen) atoms. The predicted octanol–water partition coefficient (Wildman–Crippen LogP) is 3.95. The Hall–Kier alpha value is -3.89. The van der Waals surface area contributed by atoms with Crippen LogP contribution < -0.4 is 19.5 Å². The maximum atomic E-state index is 13.2. The highest BCUT2D eigenvalue weighted by Gasteiger charge is 2.34. The van der Waals surface area contributed by atoms with Gasteiger partial charge in [0.15, 0.2) is 11.5 Å². The molecule has 156 valence electrons. The van der Waals surface area contributed by atoms with E-state index in [4.69, 9.17) is 14.2 Å². The van der Waals surface area contributed by atoms with E-state index in [0.717, 1.165) is 6.20 Å². The van der Waals surface area contributed by atoms with Crippen LogP contribution in [0.4, 0.5) is 18.9 Å². The van der Waals surface area contributed by atoms with Crippen molar-refractivity contribution in [3.05, 3.63) is 60.2 Å². The number of carbonyl (C=O) groups excluding carboxylic acids is 1. The van der Waals surface area contributed by atoms with Gasteiger partial charge in [-0.1, -0.05) is 0 Å². The number of amides is 1. The van der Waals surface area contributed by atoms with Gasteiger partial charge in [0.05, 0.1) is 32.3 Å². The molecule has 0 fully saturated rings. The first-order valence-electron chi connectivity index (χ1n) is 8.37. The average molecular weight is 420 g/mol. The van der Waals surface area contributed by atoms with Crippen LogP contribution in [0.5, 0.6) is 23.0 Å². The largest absolute Gasteiger partial charge is 0.497 e. The molecule has 0 saturated carbocycles. The number of nitrogens with zero attached hydrogens (tertiary/aromatic N) is 3. The van der Waals surface area contributed by atoms with Crippen LogP contribution in [-0.2, 0) is 6.18 Å². The summed E-state index contributed by atoms with van der Waals surface area (Å²) >= 11 is 0. The molecule has 2 heterocycles. The molecular weight excluding hydrogens is 405 g/mol. The number of ether oxygens (including phenoxy) is 3. The maximum absolute atomic E-state index is 13.2. The summed E-state index contributed by atoms with van der Waals surface area (Å²) in [5, 5.41) is 9.70. The van der Waals surface area contributed by atoms with Gasteiger partial charge < -0.3 is 19.5 Å². The maximum Gasteiger partial charge on any atom is 0.433 e. The number of hydrogen-bond acceptors (Lipinski definition) is 7. The quantitative estimate of drug-likeness (QED) is 0.645. The molecule has 1 N–H and O–H groups in total. The van der Waals surface area contributed by atoms with Gasteiger partial charge in [0.25, 0.3) is 5.91 Å². The predicted molar refractivity (Wildman–Crippen MR) is 98.8 cm³/mol. The summed E-state index contributed by atoms with van der Waals surface area (Å²) in [5.74, 6) is -0.373. The van der Waals surface area contributed by atoms with E-state index in [9.17, 15) is 18.0 Å². The summed E-state index contributed by atoms with van der Waals surface area (Å²) in [5.41, 5.74) is -1.15. The number of aromatic nitrogens is 3. The zero-order valence-electron chi connectivity index (χ0n) is 15.7. The number of hydrogen-bond donors (Lipinski definition) is 1. The molecule has 0 aliphatic rings. The lowest BCUT2D eigenvalue weighted by Gasteiger charge is -2.16. The van der Waals surface area contributed by atoms with E-state index in [1.54, 1.807) is 0 Å². The molecule has 8 nitrogen and oxygen atoms in total. The van der Waals surface area contributed by atoms with Gasteiger partial charge in [0.1, 0.15) is 22.8 Å². The van der Waals surface area contributed by atoms with E-state index in [2.05, 4.69) is 20.5 Å². The van der Waals surface area contributed by atoms with Gasteiger partial charge in [-0.15, -0.1) is 0 Å². The molecule has 0 saturated heterocycles. The fraction of sp³-hybridized carbons (Fsp3) is 0.158. The van der Waals surface area contributed by atoms with Crippen molar-refractivity contribution in [3.63, 3.8) is 0 Å². The van der Waals surface area contributed by atoms with Gasteiger partial charge in [-0.3, -0.25) is 9.78 Å². The molecule has 3 rings (SSSR count). The Kier molecular flexibility index (Phi) is 6.00. The third-order valence-corrected chi connectivity index (χ3v) is 3.83. The van der Waals surface area contributed by atoms with E-state index in [1.807, 2.05) is 0 Å². The lowest BCUT2D eigenvalue weighted by Crippen LogP contribution is -2.16. The molecule has 0 aliphatic heterocycles. The lowest BCUT2D eigenvalue weighted by atomic mass is 10.2. The lowest BCUT2D eigenvalue weighted by molar-refractivity contribution is -0.141. The number of pyridine rings is 1. The van der Waals surface area contributed by atoms with Crippen LogP contribution in [-0.4, -0.2) is 35.3 Å². The van der Waals surface area contributed by atoms with Crippen molar-refractivity contribution in [1.29, 1.82) is 0 Å². The fourth-order valence-corrected chi connectivity index (χ4v) is 2.39. The van der Waals surface area contributed by atoms with Crippen LogP contribution in [0.3, 0.4) is 0 Å². The van der Waals surface area contributed by atoms with E-state index >= 15 is 0 Å². The average Bonchev–Trinajstić information content (AvgIpc) is 2.74. The number of halogens is 3. The first-order valence-corrected chi connectivity index (χ1v) is 8.37. The van der Waals surface area contributed by atoms with Crippen LogP contribution in [0.1, 0.15) is 16.1 Å². The highest BCUT2D eigenvalue weighted by Crippen LogP contribution is 2.38. The minimum atomic E-state index is -4.73. The Morgan fingerprint density at radius 3 is 2.40 bits per heavy atom.